The maximum atomic E-state index is 12.0. The molecule has 1 N–H and O–H groups in total. The molecule has 0 aliphatic carbocycles. The highest BCUT2D eigenvalue weighted by Gasteiger charge is 2.21. The zero-order valence-electron chi connectivity index (χ0n) is 17.5. The quantitative estimate of drug-likeness (QED) is 0.260. The van der Waals surface area contributed by atoms with E-state index in [1.807, 2.05) is 18.2 Å². The molecule has 0 aliphatic heterocycles. The zero-order chi connectivity index (χ0) is 21.0. The van der Waals surface area contributed by atoms with Crippen LogP contribution in [0.1, 0.15) is 76.7 Å². The van der Waals surface area contributed by atoms with Crippen LogP contribution in [0.3, 0.4) is 0 Å². The minimum absolute atomic E-state index is 0.111. The average molecular weight is 419 g/mol. The van der Waals surface area contributed by atoms with Crippen LogP contribution in [-0.2, 0) is 16.5 Å². The van der Waals surface area contributed by atoms with Gasteiger partial charge >= 0.3 is 0 Å². The molecule has 5 heteroatoms. The lowest BCUT2D eigenvalue weighted by atomic mass is 10.0. The van der Waals surface area contributed by atoms with Gasteiger partial charge in [-0.3, -0.25) is 4.55 Å². The first-order chi connectivity index (χ1) is 14.0. The number of benzene rings is 2. The normalized spacial score (nSPS) is 11.5. The van der Waals surface area contributed by atoms with E-state index in [4.69, 9.17) is 4.74 Å². The molecular formula is C24H34O4S. The molecule has 0 unspecified atom stereocenters. The van der Waals surface area contributed by atoms with Gasteiger partial charge < -0.3 is 4.74 Å². The number of ether oxygens (including phenoxy) is 1. The lowest BCUT2D eigenvalue weighted by molar-refractivity contribution is 0.447. The molecule has 160 valence electrons. The molecular weight excluding hydrogens is 384 g/mol. The van der Waals surface area contributed by atoms with Gasteiger partial charge in [0.05, 0.1) is 0 Å². The first kappa shape index (κ1) is 23.4. The highest BCUT2D eigenvalue weighted by atomic mass is 32.2. The molecule has 0 radical (unpaired) electrons. The van der Waals surface area contributed by atoms with Crippen molar-refractivity contribution >= 4 is 10.1 Å². The largest absolute Gasteiger partial charge is 0.456 e. The zero-order valence-corrected chi connectivity index (χ0v) is 18.3. The van der Waals surface area contributed by atoms with Crippen molar-refractivity contribution in [3.05, 3.63) is 54.1 Å². The molecule has 0 bridgehead atoms. The third kappa shape index (κ3) is 8.58. The lowest BCUT2D eigenvalue weighted by Crippen LogP contribution is -2.06. The van der Waals surface area contributed by atoms with Crippen molar-refractivity contribution in [3.63, 3.8) is 0 Å². The van der Waals surface area contributed by atoms with Crippen LogP contribution in [0.5, 0.6) is 11.5 Å². The van der Waals surface area contributed by atoms with E-state index in [1.54, 1.807) is 30.3 Å². The smallest absolute Gasteiger partial charge is 0.298 e. The molecule has 2 aromatic rings. The number of para-hydroxylation sites is 1. The second-order valence-electron chi connectivity index (χ2n) is 7.57. The predicted octanol–water partition coefficient (Wildman–Crippen LogP) is 7.19. The standard InChI is InChI=1S/C24H34O4S/c1-2-3-4-5-6-7-8-9-10-12-16-21-17-15-20-23(24(21)29(25,26)27)28-22-18-13-11-14-19-22/h11,13-15,17-20H,2-10,12,16H2,1H3,(H,25,26,27). The number of aryl methyl sites for hydroxylation is 1. The van der Waals surface area contributed by atoms with Crippen LogP contribution in [-0.4, -0.2) is 13.0 Å². The number of unbranched alkanes of at least 4 members (excludes halogenated alkanes) is 9. The molecule has 0 saturated carbocycles. The van der Waals surface area contributed by atoms with Crippen molar-refractivity contribution in [3.8, 4) is 11.5 Å². The Morgan fingerprint density at radius 2 is 1.34 bits per heavy atom. The van der Waals surface area contributed by atoms with Crippen molar-refractivity contribution in [2.45, 2.75) is 82.4 Å². The Morgan fingerprint density at radius 3 is 1.93 bits per heavy atom. The van der Waals surface area contributed by atoms with Gasteiger partial charge in [0.2, 0.25) is 0 Å². The summed E-state index contributed by atoms with van der Waals surface area (Å²) >= 11 is 0. The molecule has 2 aromatic carbocycles. The molecule has 0 aromatic heterocycles. The summed E-state index contributed by atoms with van der Waals surface area (Å²) < 4.78 is 39.6. The van der Waals surface area contributed by atoms with Gasteiger partial charge in [-0.25, -0.2) is 0 Å². The monoisotopic (exact) mass is 418 g/mol. The third-order valence-electron chi connectivity index (χ3n) is 5.09. The van der Waals surface area contributed by atoms with E-state index in [2.05, 4.69) is 6.92 Å². The molecule has 0 atom stereocenters. The molecule has 0 aliphatic rings. The average Bonchev–Trinajstić information content (AvgIpc) is 2.69. The van der Waals surface area contributed by atoms with Crippen LogP contribution in [0, 0.1) is 0 Å². The Morgan fingerprint density at radius 1 is 0.759 bits per heavy atom. The van der Waals surface area contributed by atoms with E-state index >= 15 is 0 Å². The Kier molecular flexibility index (Phi) is 10.2. The summed E-state index contributed by atoms with van der Waals surface area (Å²) in [6.07, 6.45) is 12.8. The Hall–Kier alpha value is -1.85. The van der Waals surface area contributed by atoms with Crippen LogP contribution >= 0.6 is 0 Å². The topological polar surface area (TPSA) is 63.6 Å². The van der Waals surface area contributed by atoms with E-state index < -0.39 is 10.1 Å². The predicted molar refractivity (Wildman–Crippen MR) is 118 cm³/mol. The van der Waals surface area contributed by atoms with Gasteiger partial charge in [0.1, 0.15) is 16.4 Å². The fourth-order valence-electron chi connectivity index (χ4n) is 3.55. The first-order valence-electron chi connectivity index (χ1n) is 10.8. The van der Waals surface area contributed by atoms with Gasteiger partial charge in [0, 0.05) is 0 Å². The van der Waals surface area contributed by atoms with Crippen LogP contribution in [0.4, 0.5) is 0 Å². The summed E-state index contributed by atoms with van der Waals surface area (Å²) in [5.74, 6) is 0.705. The van der Waals surface area contributed by atoms with Crippen molar-refractivity contribution < 1.29 is 17.7 Å². The molecule has 4 nitrogen and oxygen atoms in total. The fourth-order valence-corrected chi connectivity index (χ4v) is 4.42. The number of hydrogen-bond acceptors (Lipinski definition) is 3. The molecule has 0 amide bonds. The van der Waals surface area contributed by atoms with Crippen molar-refractivity contribution in [1.29, 1.82) is 0 Å². The molecule has 0 fully saturated rings. The van der Waals surface area contributed by atoms with Gasteiger partial charge in [0.15, 0.2) is 0 Å². The van der Waals surface area contributed by atoms with Crippen molar-refractivity contribution in [2.24, 2.45) is 0 Å². The molecule has 0 spiro atoms. The Labute approximate surface area is 176 Å². The van der Waals surface area contributed by atoms with Crippen LogP contribution in [0.2, 0.25) is 0 Å². The second kappa shape index (κ2) is 12.7. The van der Waals surface area contributed by atoms with E-state index in [-0.39, 0.29) is 10.6 Å². The Balaban J connectivity index is 1.88. The van der Waals surface area contributed by atoms with Crippen LogP contribution in [0.15, 0.2) is 53.4 Å². The van der Waals surface area contributed by atoms with E-state index in [1.165, 1.54) is 44.9 Å². The summed E-state index contributed by atoms with van der Waals surface area (Å²) in [6, 6.07) is 14.1. The van der Waals surface area contributed by atoms with Crippen molar-refractivity contribution in [1.82, 2.24) is 0 Å². The van der Waals surface area contributed by atoms with Gasteiger partial charge in [-0.05, 0) is 36.6 Å². The first-order valence-corrected chi connectivity index (χ1v) is 12.3. The molecule has 2 rings (SSSR count). The maximum absolute atomic E-state index is 12.0. The highest BCUT2D eigenvalue weighted by molar-refractivity contribution is 7.86. The van der Waals surface area contributed by atoms with Gasteiger partial charge in [-0.1, -0.05) is 95.0 Å². The summed E-state index contributed by atoms with van der Waals surface area (Å²) in [7, 11) is -4.37. The summed E-state index contributed by atoms with van der Waals surface area (Å²) in [5, 5.41) is 0. The minimum Gasteiger partial charge on any atom is -0.456 e. The molecule has 0 heterocycles. The highest BCUT2D eigenvalue weighted by Crippen LogP contribution is 2.32. The minimum atomic E-state index is -4.37. The Bertz CT molecular complexity index is 816. The SMILES string of the molecule is CCCCCCCCCCCCc1cccc(Oc2ccccc2)c1S(=O)(=O)O. The lowest BCUT2D eigenvalue weighted by Gasteiger charge is -2.13. The summed E-state index contributed by atoms with van der Waals surface area (Å²) in [5.41, 5.74) is 0.612. The van der Waals surface area contributed by atoms with E-state index in [9.17, 15) is 13.0 Å². The van der Waals surface area contributed by atoms with Crippen LogP contribution < -0.4 is 4.74 Å². The fraction of sp³-hybridized carbons (Fsp3) is 0.500. The second-order valence-corrected chi connectivity index (χ2v) is 8.92. The third-order valence-corrected chi connectivity index (χ3v) is 6.07. The summed E-state index contributed by atoms with van der Waals surface area (Å²) in [6.45, 7) is 2.23. The number of rotatable bonds is 14. The van der Waals surface area contributed by atoms with Gasteiger partial charge in [-0.2, -0.15) is 8.42 Å². The van der Waals surface area contributed by atoms with Crippen molar-refractivity contribution in [2.75, 3.05) is 0 Å². The van der Waals surface area contributed by atoms with E-state index in [0.717, 1.165) is 19.3 Å². The maximum Gasteiger partial charge on any atom is 0.298 e. The number of hydrogen-bond donors (Lipinski definition) is 1. The summed E-state index contributed by atoms with van der Waals surface area (Å²) in [4.78, 5) is -0.111. The molecule has 29 heavy (non-hydrogen) atoms. The van der Waals surface area contributed by atoms with E-state index in [0.29, 0.717) is 17.7 Å². The van der Waals surface area contributed by atoms with Gasteiger partial charge in [-0.15, -0.1) is 0 Å². The van der Waals surface area contributed by atoms with Gasteiger partial charge in [0.25, 0.3) is 10.1 Å². The molecule has 0 saturated heterocycles. The van der Waals surface area contributed by atoms with Crippen LogP contribution in [0.25, 0.3) is 0 Å².